The first kappa shape index (κ1) is 18.9. The first-order valence-electron chi connectivity index (χ1n) is 9.74. The molecular formula is C23H22N2O4. The summed E-state index contributed by atoms with van der Waals surface area (Å²) in [6, 6.07) is 15.8. The van der Waals surface area contributed by atoms with E-state index >= 15 is 0 Å². The highest BCUT2D eigenvalue weighted by molar-refractivity contribution is 6.07. The molecule has 0 radical (unpaired) electrons. The number of hydrogen-bond donors (Lipinski definition) is 1. The molecule has 0 bridgehead atoms. The molecule has 1 aliphatic heterocycles. The van der Waals surface area contributed by atoms with Crippen LogP contribution in [-0.2, 0) is 23.3 Å². The lowest BCUT2D eigenvalue weighted by Gasteiger charge is -2.25. The van der Waals surface area contributed by atoms with Crippen LogP contribution in [0.4, 0.5) is 4.79 Å². The zero-order valence-electron chi connectivity index (χ0n) is 16.4. The number of hydrogen-bond acceptors (Lipinski definition) is 4. The second kappa shape index (κ2) is 7.20. The molecule has 4 rings (SSSR count). The molecule has 3 aromatic rings. The number of urea groups is 1. The van der Waals surface area contributed by atoms with Crippen LogP contribution in [0.2, 0.25) is 0 Å². The molecule has 6 heteroatoms. The maximum atomic E-state index is 13.3. The first-order chi connectivity index (χ1) is 14.0. The van der Waals surface area contributed by atoms with Gasteiger partial charge in [-0.2, -0.15) is 0 Å². The van der Waals surface area contributed by atoms with Crippen LogP contribution in [0.25, 0.3) is 11.0 Å². The molecular weight excluding hydrogens is 368 g/mol. The van der Waals surface area contributed by atoms with Crippen molar-refractivity contribution in [2.75, 3.05) is 0 Å². The molecule has 3 amide bonds. The Hall–Kier alpha value is -3.41. The van der Waals surface area contributed by atoms with Crippen molar-refractivity contribution in [1.29, 1.82) is 0 Å². The molecule has 1 fully saturated rings. The molecule has 6 nitrogen and oxygen atoms in total. The summed E-state index contributed by atoms with van der Waals surface area (Å²) in [5.74, 6) is -0.317. The lowest BCUT2D eigenvalue weighted by Crippen LogP contribution is -2.43. The zero-order valence-corrected chi connectivity index (χ0v) is 16.4. The van der Waals surface area contributed by atoms with Crippen LogP contribution in [0.1, 0.15) is 37.0 Å². The molecule has 0 aliphatic carbocycles. The molecule has 1 N–H and O–H groups in total. The molecule has 1 atom stereocenters. The van der Waals surface area contributed by atoms with E-state index in [0.717, 1.165) is 22.9 Å². The van der Waals surface area contributed by atoms with Gasteiger partial charge in [0.05, 0.1) is 6.54 Å². The van der Waals surface area contributed by atoms with Crippen LogP contribution in [0.15, 0.2) is 63.8 Å². The van der Waals surface area contributed by atoms with Crippen LogP contribution < -0.4 is 10.9 Å². The quantitative estimate of drug-likeness (QED) is 0.532. The highest BCUT2D eigenvalue weighted by atomic mass is 16.4. The Morgan fingerprint density at radius 2 is 1.76 bits per heavy atom. The number of fused-ring (bicyclic) bond motifs is 1. The van der Waals surface area contributed by atoms with E-state index in [1.165, 1.54) is 11.0 Å². The number of aryl methyl sites for hydroxylation is 1. The standard InChI is InChI=1S/C23H22N2O4/c1-3-15-10-11-18-16(13-20(26)29-19(18)12-15)14-25-21(27)23(4-2,24-22(25)28)17-8-6-5-7-9-17/h5-13H,3-4,14H2,1-2H3,(H,24,28). The van der Waals surface area contributed by atoms with E-state index in [2.05, 4.69) is 5.32 Å². The number of rotatable bonds is 5. The number of nitrogens with zero attached hydrogens (tertiary/aromatic N) is 1. The molecule has 2 heterocycles. The van der Waals surface area contributed by atoms with E-state index in [1.807, 2.05) is 62.4 Å². The summed E-state index contributed by atoms with van der Waals surface area (Å²) in [7, 11) is 0. The van der Waals surface area contributed by atoms with Gasteiger partial charge in [0.25, 0.3) is 5.91 Å². The molecule has 1 unspecified atom stereocenters. The lowest BCUT2D eigenvalue weighted by atomic mass is 9.87. The van der Waals surface area contributed by atoms with Crippen molar-refractivity contribution in [3.05, 3.63) is 81.7 Å². The third-order valence-electron chi connectivity index (χ3n) is 5.60. The van der Waals surface area contributed by atoms with Gasteiger partial charge in [-0.25, -0.2) is 9.59 Å². The van der Waals surface area contributed by atoms with Crippen molar-refractivity contribution in [3.63, 3.8) is 0 Å². The van der Waals surface area contributed by atoms with Gasteiger partial charge >= 0.3 is 11.7 Å². The monoisotopic (exact) mass is 390 g/mol. The molecule has 0 saturated carbocycles. The van der Waals surface area contributed by atoms with Crippen LogP contribution in [0.3, 0.4) is 0 Å². The van der Waals surface area contributed by atoms with Gasteiger partial charge in [0.1, 0.15) is 11.1 Å². The zero-order chi connectivity index (χ0) is 20.6. The second-order valence-corrected chi connectivity index (χ2v) is 7.22. The Labute approximate surface area is 168 Å². The Morgan fingerprint density at radius 3 is 2.45 bits per heavy atom. The summed E-state index contributed by atoms with van der Waals surface area (Å²) in [5, 5.41) is 3.59. The lowest BCUT2D eigenvalue weighted by molar-refractivity contribution is -0.132. The Balaban J connectivity index is 1.74. The highest BCUT2D eigenvalue weighted by Gasteiger charge is 2.51. The first-order valence-corrected chi connectivity index (χ1v) is 9.74. The summed E-state index contributed by atoms with van der Waals surface area (Å²) in [4.78, 5) is 39.3. The molecule has 29 heavy (non-hydrogen) atoms. The van der Waals surface area contributed by atoms with Crippen molar-refractivity contribution in [2.24, 2.45) is 0 Å². The molecule has 1 aliphatic rings. The Kier molecular flexibility index (Phi) is 4.70. The predicted molar refractivity (Wildman–Crippen MR) is 109 cm³/mol. The van der Waals surface area contributed by atoms with Crippen LogP contribution in [-0.4, -0.2) is 16.8 Å². The largest absolute Gasteiger partial charge is 0.423 e. The van der Waals surface area contributed by atoms with Crippen LogP contribution >= 0.6 is 0 Å². The van der Waals surface area contributed by atoms with Gasteiger partial charge in [-0.05, 0) is 35.6 Å². The molecule has 1 saturated heterocycles. The summed E-state index contributed by atoms with van der Waals surface area (Å²) in [6.45, 7) is 3.89. The van der Waals surface area contributed by atoms with Gasteiger partial charge < -0.3 is 9.73 Å². The van der Waals surface area contributed by atoms with E-state index in [4.69, 9.17) is 4.42 Å². The summed E-state index contributed by atoms with van der Waals surface area (Å²) >= 11 is 0. The van der Waals surface area contributed by atoms with E-state index in [1.54, 1.807) is 0 Å². The minimum absolute atomic E-state index is 0.00677. The van der Waals surface area contributed by atoms with Gasteiger partial charge in [0, 0.05) is 11.5 Å². The molecule has 1 aromatic heterocycles. The highest BCUT2D eigenvalue weighted by Crippen LogP contribution is 2.33. The average molecular weight is 390 g/mol. The number of carbonyl (C=O) groups excluding carboxylic acids is 2. The smallest absolute Gasteiger partial charge is 0.336 e. The van der Waals surface area contributed by atoms with E-state index in [0.29, 0.717) is 17.6 Å². The van der Waals surface area contributed by atoms with E-state index < -0.39 is 17.2 Å². The maximum Gasteiger partial charge on any atom is 0.336 e. The molecule has 148 valence electrons. The fraction of sp³-hybridized carbons (Fsp3) is 0.261. The summed E-state index contributed by atoms with van der Waals surface area (Å²) in [5.41, 5.74) is 1.24. The fourth-order valence-electron chi connectivity index (χ4n) is 3.93. The van der Waals surface area contributed by atoms with Crippen molar-refractivity contribution < 1.29 is 14.0 Å². The summed E-state index contributed by atoms with van der Waals surface area (Å²) in [6.07, 6.45) is 1.24. The maximum absolute atomic E-state index is 13.3. The molecule has 2 aromatic carbocycles. The number of carbonyl (C=O) groups is 2. The number of nitrogens with one attached hydrogen (secondary N) is 1. The van der Waals surface area contributed by atoms with Gasteiger partial charge in [-0.3, -0.25) is 9.69 Å². The topological polar surface area (TPSA) is 79.6 Å². The van der Waals surface area contributed by atoms with Gasteiger partial charge in [-0.15, -0.1) is 0 Å². The minimum atomic E-state index is -1.09. The van der Waals surface area contributed by atoms with Gasteiger partial charge in [0.2, 0.25) is 0 Å². The molecule has 0 spiro atoms. The van der Waals surface area contributed by atoms with Crippen LogP contribution in [0, 0.1) is 0 Å². The van der Waals surface area contributed by atoms with Gasteiger partial charge in [0.15, 0.2) is 0 Å². The number of benzene rings is 2. The van der Waals surface area contributed by atoms with Gasteiger partial charge in [-0.1, -0.05) is 56.3 Å². The number of imide groups is 1. The number of amides is 3. The van der Waals surface area contributed by atoms with Crippen molar-refractivity contribution in [3.8, 4) is 0 Å². The van der Waals surface area contributed by atoms with Crippen LogP contribution in [0.5, 0.6) is 0 Å². The predicted octanol–water partition coefficient (Wildman–Crippen LogP) is 3.71. The third-order valence-corrected chi connectivity index (χ3v) is 5.60. The normalized spacial score (nSPS) is 19.0. The van der Waals surface area contributed by atoms with Crippen molar-refractivity contribution in [1.82, 2.24) is 10.2 Å². The second-order valence-electron chi connectivity index (χ2n) is 7.22. The Bertz CT molecular complexity index is 1150. The summed E-state index contributed by atoms with van der Waals surface area (Å²) < 4.78 is 5.33. The van der Waals surface area contributed by atoms with E-state index in [-0.39, 0.29) is 12.5 Å². The fourth-order valence-corrected chi connectivity index (χ4v) is 3.93. The SMILES string of the molecule is CCc1ccc2c(CN3C(=O)NC(CC)(c4ccccc4)C3=O)cc(=O)oc2c1. The van der Waals surface area contributed by atoms with Crippen molar-refractivity contribution >= 4 is 22.9 Å². The Morgan fingerprint density at radius 1 is 1.00 bits per heavy atom. The van der Waals surface area contributed by atoms with E-state index in [9.17, 15) is 14.4 Å². The van der Waals surface area contributed by atoms with Crippen molar-refractivity contribution in [2.45, 2.75) is 38.8 Å². The third kappa shape index (κ3) is 3.10. The minimum Gasteiger partial charge on any atom is -0.423 e. The average Bonchev–Trinajstić information content (AvgIpc) is 2.98.